The van der Waals surface area contributed by atoms with Crippen LogP contribution in [0.15, 0.2) is 35.1 Å². The molecule has 0 fully saturated rings. The number of likely N-dealkylation sites (N-methyl/N-ethyl adjacent to an activating group) is 1. The summed E-state index contributed by atoms with van der Waals surface area (Å²) in [6, 6.07) is 5.99. The average molecular weight is 274 g/mol. The summed E-state index contributed by atoms with van der Waals surface area (Å²) in [7, 11) is 4.06. The van der Waals surface area contributed by atoms with Gasteiger partial charge >= 0.3 is 0 Å². The lowest BCUT2D eigenvalue weighted by atomic mass is 10.1. The van der Waals surface area contributed by atoms with Gasteiger partial charge in [-0.2, -0.15) is 0 Å². The van der Waals surface area contributed by atoms with E-state index in [9.17, 15) is 0 Å². The third-order valence-corrected chi connectivity index (χ3v) is 3.22. The Kier molecular flexibility index (Phi) is 4.74. The molecule has 0 aliphatic rings. The molecule has 0 aromatic carbocycles. The third kappa shape index (κ3) is 3.57. The molecule has 0 unspecified atom stereocenters. The van der Waals surface area contributed by atoms with Gasteiger partial charge in [0, 0.05) is 18.4 Å². The molecular formula is C15H22N4O. The average Bonchev–Trinajstić information content (AvgIpc) is 2.93. The lowest BCUT2D eigenvalue weighted by Crippen LogP contribution is -2.27. The van der Waals surface area contributed by atoms with Crippen LogP contribution in [-0.2, 0) is 0 Å². The molecule has 0 amide bonds. The number of hydrogen-bond acceptors (Lipinski definition) is 5. The molecule has 2 aromatic rings. The highest BCUT2D eigenvalue weighted by Crippen LogP contribution is 2.19. The lowest BCUT2D eigenvalue weighted by molar-refractivity contribution is 0.269. The number of nitrogens with one attached hydrogen (secondary N) is 1. The van der Waals surface area contributed by atoms with E-state index in [1.165, 1.54) is 0 Å². The highest BCUT2D eigenvalue weighted by molar-refractivity contribution is 5.27. The first-order valence-electron chi connectivity index (χ1n) is 6.84. The van der Waals surface area contributed by atoms with Crippen LogP contribution < -0.4 is 5.32 Å². The van der Waals surface area contributed by atoms with E-state index in [4.69, 9.17) is 4.42 Å². The minimum absolute atomic E-state index is 0.149. The van der Waals surface area contributed by atoms with Gasteiger partial charge in [0.2, 0.25) is 5.95 Å². The molecule has 2 aromatic heterocycles. The number of nitrogens with zero attached hydrogens (tertiary/aromatic N) is 3. The van der Waals surface area contributed by atoms with Crippen molar-refractivity contribution in [3.05, 3.63) is 42.1 Å². The summed E-state index contributed by atoms with van der Waals surface area (Å²) >= 11 is 0. The number of furan rings is 1. The Morgan fingerprint density at radius 3 is 2.70 bits per heavy atom. The zero-order valence-electron chi connectivity index (χ0n) is 12.5. The van der Waals surface area contributed by atoms with Crippen LogP contribution in [0.5, 0.6) is 0 Å². The second-order valence-electron chi connectivity index (χ2n) is 5.34. The predicted molar refractivity (Wildman–Crippen MR) is 79.7 cm³/mol. The SMILES string of the molecule is CC(C)c1ccnc(NC[C@H](c2ccco2)N(C)C)n1. The minimum Gasteiger partial charge on any atom is -0.468 e. The van der Waals surface area contributed by atoms with Gasteiger partial charge in [0.1, 0.15) is 5.76 Å². The van der Waals surface area contributed by atoms with Crippen molar-refractivity contribution in [2.24, 2.45) is 0 Å². The standard InChI is InChI=1S/C15H22N4O/c1-11(2)12-7-8-16-15(18-12)17-10-13(19(3)4)14-6-5-9-20-14/h5-9,11,13H,10H2,1-4H3,(H,16,17,18)/t13-/m1/s1. The molecule has 5 nitrogen and oxygen atoms in total. The van der Waals surface area contributed by atoms with Gasteiger partial charge in [-0.1, -0.05) is 13.8 Å². The van der Waals surface area contributed by atoms with Crippen LogP contribution in [0.2, 0.25) is 0 Å². The highest BCUT2D eigenvalue weighted by Gasteiger charge is 2.17. The molecule has 0 bridgehead atoms. The fraction of sp³-hybridized carbons (Fsp3) is 0.467. The van der Waals surface area contributed by atoms with Crippen molar-refractivity contribution < 1.29 is 4.42 Å². The van der Waals surface area contributed by atoms with Crippen molar-refractivity contribution in [2.45, 2.75) is 25.8 Å². The summed E-state index contributed by atoms with van der Waals surface area (Å²) in [5.41, 5.74) is 1.04. The molecule has 1 atom stereocenters. The molecule has 1 N–H and O–H groups in total. The van der Waals surface area contributed by atoms with Crippen LogP contribution in [0.3, 0.4) is 0 Å². The van der Waals surface area contributed by atoms with Gasteiger partial charge in [-0.05, 0) is 38.2 Å². The summed E-state index contributed by atoms with van der Waals surface area (Å²) in [6.45, 7) is 4.94. The van der Waals surface area contributed by atoms with Crippen molar-refractivity contribution in [2.75, 3.05) is 26.0 Å². The van der Waals surface area contributed by atoms with E-state index < -0.39 is 0 Å². The molecule has 5 heteroatoms. The second-order valence-corrected chi connectivity index (χ2v) is 5.34. The fourth-order valence-corrected chi connectivity index (χ4v) is 1.99. The van der Waals surface area contributed by atoms with E-state index >= 15 is 0 Å². The van der Waals surface area contributed by atoms with Crippen molar-refractivity contribution >= 4 is 5.95 Å². The van der Waals surface area contributed by atoms with E-state index in [0.29, 0.717) is 18.4 Å². The summed E-state index contributed by atoms with van der Waals surface area (Å²) < 4.78 is 5.48. The van der Waals surface area contributed by atoms with Gasteiger partial charge in [0.05, 0.1) is 12.3 Å². The molecule has 0 aliphatic carbocycles. The van der Waals surface area contributed by atoms with Crippen molar-refractivity contribution in [3.8, 4) is 0 Å². The Morgan fingerprint density at radius 2 is 2.10 bits per heavy atom. The van der Waals surface area contributed by atoms with E-state index in [0.717, 1.165) is 11.5 Å². The van der Waals surface area contributed by atoms with Crippen LogP contribution in [0.25, 0.3) is 0 Å². The maximum absolute atomic E-state index is 5.48. The predicted octanol–water partition coefficient (Wildman–Crippen LogP) is 2.91. The minimum atomic E-state index is 0.149. The van der Waals surface area contributed by atoms with Gasteiger partial charge in [-0.15, -0.1) is 0 Å². The number of rotatable bonds is 6. The zero-order chi connectivity index (χ0) is 14.5. The fourth-order valence-electron chi connectivity index (χ4n) is 1.99. The number of anilines is 1. The van der Waals surface area contributed by atoms with Crippen molar-refractivity contribution in [1.82, 2.24) is 14.9 Å². The molecule has 0 aliphatic heterocycles. The maximum Gasteiger partial charge on any atom is 0.222 e. The van der Waals surface area contributed by atoms with Crippen molar-refractivity contribution in [3.63, 3.8) is 0 Å². The van der Waals surface area contributed by atoms with Gasteiger partial charge in [-0.25, -0.2) is 9.97 Å². The van der Waals surface area contributed by atoms with Crippen LogP contribution in [0.4, 0.5) is 5.95 Å². The molecule has 0 saturated carbocycles. The highest BCUT2D eigenvalue weighted by atomic mass is 16.3. The Balaban J connectivity index is 2.04. The molecule has 2 rings (SSSR count). The van der Waals surface area contributed by atoms with Gasteiger partial charge in [0.15, 0.2) is 0 Å². The van der Waals surface area contributed by atoms with E-state index in [1.807, 2.05) is 32.3 Å². The maximum atomic E-state index is 5.48. The summed E-state index contributed by atoms with van der Waals surface area (Å²) in [5.74, 6) is 1.99. The Bertz CT molecular complexity index is 522. The van der Waals surface area contributed by atoms with Gasteiger partial charge in [0.25, 0.3) is 0 Å². The van der Waals surface area contributed by atoms with Gasteiger partial charge < -0.3 is 9.73 Å². The first-order valence-corrected chi connectivity index (χ1v) is 6.84. The largest absolute Gasteiger partial charge is 0.468 e. The molecule has 2 heterocycles. The van der Waals surface area contributed by atoms with Crippen LogP contribution in [0.1, 0.15) is 37.3 Å². The summed E-state index contributed by atoms with van der Waals surface area (Å²) in [6.07, 6.45) is 3.49. The Labute approximate surface area is 120 Å². The second kappa shape index (κ2) is 6.52. The Hall–Kier alpha value is -1.88. The molecule has 0 radical (unpaired) electrons. The Morgan fingerprint density at radius 1 is 1.30 bits per heavy atom. The molecule has 0 spiro atoms. The van der Waals surface area contributed by atoms with Crippen LogP contribution >= 0.6 is 0 Å². The van der Waals surface area contributed by atoms with Crippen molar-refractivity contribution in [1.29, 1.82) is 0 Å². The normalized spacial score (nSPS) is 12.9. The lowest BCUT2D eigenvalue weighted by Gasteiger charge is -2.22. The molecule has 108 valence electrons. The summed E-state index contributed by atoms with van der Waals surface area (Å²) in [5, 5.41) is 3.29. The quantitative estimate of drug-likeness (QED) is 0.877. The summed E-state index contributed by atoms with van der Waals surface area (Å²) in [4.78, 5) is 10.9. The topological polar surface area (TPSA) is 54.2 Å². The monoisotopic (exact) mass is 274 g/mol. The molecule has 20 heavy (non-hydrogen) atoms. The first kappa shape index (κ1) is 14.5. The van der Waals surface area contributed by atoms with Crippen LogP contribution in [-0.4, -0.2) is 35.5 Å². The van der Waals surface area contributed by atoms with E-state index in [2.05, 4.69) is 34.0 Å². The molecular weight excluding hydrogens is 252 g/mol. The van der Waals surface area contributed by atoms with Crippen LogP contribution in [0, 0.1) is 0 Å². The third-order valence-electron chi connectivity index (χ3n) is 3.22. The van der Waals surface area contributed by atoms with Gasteiger partial charge in [-0.3, -0.25) is 4.90 Å². The zero-order valence-corrected chi connectivity index (χ0v) is 12.5. The molecule has 0 saturated heterocycles. The number of aromatic nitrogens is 2. The van der Waals surface area contributed by atoms with E-state index in [-0.39, 0.29) is 6.04 Å². The smallest absolute Gasteiger partial charge is 0.222 e. The number of hydrogen-bond donors (Lipinski definition) is 1. The van der Waals surface area contributed by atoms with E-state index in [1.54, 1.807) is 12.5 Å². The first-order chi connectivity index (χ1) is 9.58.